The second-order valence-corrected chi connectivity index (χ2v) is 5.26. The molecule has 5 nitrogen and oxygen atoms in total. The van der Waals surface area contributed by atoms with Crippen LogP contribution in [0.15, 0.2) is 30.3 Å². The molecule has 0 aliphatic rings. The first kappa shape index (κ1) is 15.3. The van der Waals surface area contributed by atoms with Crippen molar-refractivity contribution >= 4 is 16.7 Å². The fourth-order valence-corrected chi connectivity index (χ4v) is 1.92. The van der Waals surface area contributed by atoms with Gasteiger partial charge in [0.15, 0.2) is 0 Å². The predicted octanol–water partition coefficient (Wildman–Crippen LogP) is 2.57. The van der Waals surface area contributed by atoms with E-state index in [1.807, 2.05) is 30.3 Å². The smallest absolute Gasteiger partial charge is 0.225 e. The van der Waals surface area contributed by atoms with Crippen molar-refractivity contribution in [1.82, 2.24) is 4.98 Å². The van der Waals surface area contributed by atoms with Crippen LogP contribution in [-0.2, 0) is 4.74 Å². The molecule has 5 heteroatoms. The Morgan fingerprint density at radius 1 is 1.29 bits per heavy atom. The quantitative estimate of drug-likeness (QED) is 0.466. The van der Waals surface area contributed by atoms with Crippen LogP contribution >= 0.6 is 0 Å². The highest BCUT2D eigenvalue weighted by Crippen LogP contribution is 2.21. The van der Waals surface area contributed by atoms with E-state index in [4.69, 9.17) is 20.6 Å². The van der Waals surface area contributed by atoms with Gasteiger partial charge in [-0.1, -0.05) is 32.0 Å². The van der Waals surface area contributed by atoms with Gasteiger partial charge in [-0.15, -0.1) is 0 Å². The van der Waals surface area contributed by atoms with Gasteiger partial charge in [0.1, 0.15) is 12.4 Å². The van der Waals surface area contributed by atoms with Gasteiger partial charge in [0.2, 0.25) is 5.88 Å². The van der Waals surface area contributed by atoms with E-state index in [1.54, 1.807) is 0 Å². The molecule has 0 saturated carbocycles. The van der Waals surface area contributed by atoms with Crippen molar-refractivity contribution in [3.63, 3.8) is 0 Å². The van der Waals surface area contributed by atoms with Crippen molar-refractivity contribution in [3.05, 3.63) is 35.9 Å². The third-order valence-electron chi connectivity index (χ3n) is 2.90. The van der Waals surface area contributed by atoms with E-state index in [0.717, 1.165) is 10.9 Å². The maximum Gasteiger partial charge on any atom is 0.225 e. The Morgan fingerprint density at radius 3 is 2.76 bits per heavy atom. The van der Waals surface area contributed by atoms with Crippen molar-refractivity contribution in [1.29, 1.82) is 5.41 Å². The minimum atomic E-state index is -0.0497. The van der Waals surface area contributed by atoms with Crippen LogP contribution in [0.25, 0.3) is 10.9 Å². The molecule has 112 valence electrons. The lowest BCUT2D eigenvalue weighted by molar-refractivity contribution is 0.0806. The van der Waals surface area contributed by atoms with Crippen molar-refractivity contribution < 1.29 is 9.47 Å². The normalized spacial score (nSPS) is 11.0. The highest BCUT2D eigenvalue weighted by atomic mass is 16.5. The topological polar surface area (TPSA) is 81.2 Å². The van der Waals surface area contributed by atoms with Crippen LogP contribution in [0.2, 0.25) is 0 Å². The van der Waals surface area contributed by atoms with Crippen molar-refractivity contribution in [2.75, 3.05) is 19.8 Å². The summed E-state index contributed by atoms with van der Waals surface area (Å²) in [4.78, 5) is 4.43. The number of para-hydroxylation sites is 1. The van der Waals surface area contributed by atoms with E-state index in [2.05, 4.69) is 18.8 Å². The van der Waals surface area contributed by atoms with Crippen LogP contribution in [-0.4, -0.2) is 30.6 Å². The second kappa shape index (κ2) is 7.04. The van der Waals surface area contributed by atoms with E-state index in [0.29, 0.717) is 37.2 Å². The Morgan fingerprint density at radius 2 is 2.05 bits per heavy atom. The molecule has 0 spiro atoms. The number of rotatable bonds is 7. The standard InChI is InChI=1S/C16H21N3O2/c1-11(2)10-20-7-8-21-16-13(15(17)18)9-12-5-3-4-6-14(12)19-16/h3-6,9,11H,7-8,10H2,1-2H3,(H3,17,18). The number of nitrogen functional groups attached to an aromatic ring is 1. The maximum atomic E-state index is 7.65. The van der Waals surface area contributed by atoms with Gasteiger partial charge < -0.3 is 15.2 Å². The summed E-state index contributed by atoms with van der Waals surface area (Å²) in [6, 6.07) is 9.51. The zero-order valence-corrected chi connectivity index (χ0v) is 12.4. The molecule has 0 aliphatic carbocycles. The number of benzene rings is 1. The lowest BCUT2D eigenvalue weighted by atomic mass is 10.1. The molecule has 0 radical (unpaired) electrons. The molecule has 1 heterocycles. The van der Waals surface area contributed by atoms with Gasteiger partial charge in [0.25, 0.3) is 0 Å². The lowest BCUT2D eigenvalue weighted by Crippen LogP contribution is -2.16. The molecular weight excluding hydrogens is 266 g/mol. The molecule has 0 unspecified atom stereocenters. The van der Waals surface area contributed by atoms with Crippen molar-refractivity contribution in [3.8, 4) is 5.88 Å². The number of pyridine rings is 1. The lowest BCUT2D eigenvalue weighted by Gasteiger charge is -2.12. The first-order valence-electron chi connectivity index (χ1n) is 7.02. The first-order valence-corrected chi connectivity index (χ1v) is 7.02. The van der Waals surface area contributed by atoms with Gasteiger partial charge in [-0.2, -0.15) is 0 Å². The molecule has 0 aliphatic heterocycles. The predicted molar refractivity (Wildman–Crippen MR) is 83.9 cm³/mol. The number of ether oxygens (including phenoxy) is 2. The summed E-state index contributed by atoms with van der Waals surface area (Å²) in [6.07, 6.45) is 0. The van der Waals surface area contributed by atoms with Gasteiger partial charge in [-0.3, -0.25) is 5.41 Å². The number of nitrogens with two attached hydrogens (primary N) is 1. The van der Waals surface area contributed by atoms with Crippen LogP contribution in [0.3, 0.4) is 0 Å². The van der Waals surface area contributed by atoms with Crippen LogP contribution in [0, 0.1) is 11.3 Å². The highest BCUT2D eigenvalue weighted by Gasteiger charge is 2.10. The minimum Gasteiger partial charge on any atom is -0.475 e. The molecule has 0 saturated heterocycles. The Balaban J connectivity index is 2.10. The molecule has 21 heavy (non-hydrogen) atoms. The van der Waals surface area contributed by atoms with E-state index < -0.39 is 0 Å². The van der Waals surface area contributed by atoms with E-state index >= 15 is 0 Å². The summed E-state index contributed by atoms with van der Waals surface area (Å²) in [7, 11) is 0. The van der Waals surface area contributed by atoms with Crippen molar-refractivity contribution in [2.45, 2.75) is 13.8 Å². The van der Waals surface area contributed by atoms with E-state index in [-0.39, 0.29) is 5.84 Å². The molecule has 1 aromatic heterocycles. The summed E-state index contributed by atoms with van der Waals surface area (Å²) in [6.45, 7) is 5.77. The third kappa shape index (κ3) is 4.16. The number of amidine groups is 1. The van der Waals surface area contributed by atoms with Crippen molar-refractivity contribution in [2.24, 2.45) is 11.7 Å². The van der Waals surface area contributed by atoms with Gasteiger partial charge in [0.05, 0.1) is 17.7 Å². The van der Waals surface area contributed by atoms with Gasteiger partial charge >= 0.3 is 0 Å². The molecule has 0 atom stereocenters. The number of nitrogens with one attached hydrogen (secondary N) is 1. The zero-order chi connectivity index (χ0) is 15.2. The first-order chi connectivity index (χ1) is 10.1. The number of hydrogen-bond acceptors (Lipinski definition) is 4. The molecule has 0 amide bonds. The van der Waals surface area contributed by atoms with E-state index in [9.17, 15) is 0 Å². The largest absolute Gasteiger partial charge is 0.475 e. The van der Waals surface area contributed by atoms with Crippen LogP contribution in [0.5, 0.6) is 5.88 Å². The monoisotopic (exact) mass is 287 g/mol. The number of hydrogen-bond donors (Lipinski definition) is 2. The number of aromatic nitrogens is 1. The summed E-state index contributed by atoms with van der Waals surface area (Å²) >= 11 is 0. The Hall–Kier alpha value is -2.14. The number of nitrogens with zero attached hydrogens (tertiary/aromatic N) is 1. The van der Waals surface area contributed by atoms with Crippen LogP contribution < -0.4 is 10.5 Å². The third-order valence-corrected chi connectivity index (χ3v) is 2.90. The zero-order valence-electron chi connectivity index (χ0n) is 12.4. The molecule has 1 aromatic carbocycles. The molecule has 0 fully saturated rings. The van der Waals surface area contributed by atoms with Gasteiger partial charge in [-0.25, -0.2) is 4.98 Å². The fraction of sp³-hybridized carbons (Fsp3) is 0.375. The Bertz CT molecular complexity index is 626. The highest BCUT2D eigenvalue weighted by molar-refractivity contribution is 6.00. The molecule has 3 N–H and O–H groups in total. The van der Waals surface area contributed by atoms with Crippen LogP contribution in [0.4, 0.5) is 0 Å². The van der Waals surface area contributed by atoms with Gasteiger partial charge in [-0.05, 0) is 18.1 Å². The maximum absolute atomic E-state index is 7.65. The molecule has 2 aromatic rings. The fourth-order valence-electron chi connectivity index (χ4n) is 1.92. The minimum absolute atomic E-state index is 0.0497. The Kier molecular flexibility index (Phi) is 5.11. The second-order valence-electron chi connectivity index (χ2n) is 5.26. The SMILES string of the molecule is CC(C)COCCOc1nc2ccccc2cc1C(=N)N. The molecule has 2 rings (SSSR count). The summed E-state index contributed by atoms with van der Waals surface area (Å²) in [5, 5.41) is 8.59. The molecule has 0 bridgehead atoms. The van der Waals surface area contributed by atoms with Crippen LogP contribution in [0.1, 0.15) is 19.4 Å². The number of fused-ring (bicyclic) bond motifs is 1. The molecular formula is C16H21N3O2. The average molecular weight is 287 g/mol. The Labute approximate surface area is 124 Å². The summed E-state index contributed by atoms with van der Waals surface area (Å²) in [5.74, 6) is 0.831. The van der Waals surface area contributed by atoms with E-state index in [1.165, 1.54) is 0 Å². The average Bonchev–Trinajstić information content (AvgIpc) is 2.45. The summed E-state index contributed by atoms with van der Waals surface area (Å²) in [5.41, 5.74) is 6.94. The van der Waals surface area contributed by atoms with Gasteiger partial charge in [0, 0.05) is 12.0 Å². The summed E-state index contributed by atoms with van der Waals surface area (Å²) < 4.78 is 11.1.